The standard InChI is InChI=1S/C3H7N7O6/c4-3(7-10(15)16)6-5-1-2(8(11)12)9(13)14/h2,5H,1H2,(H3,4,6,7). The molecular weight excluding hydrogens is 230 g/mol. The molecule has 0 aromatic rings. The lowest BCUT2D eigenvalue weighted by molar-refractivity contribution is -0.739. The van der Waals surface area contributed by atoms with Gasteiger partial charge in [-0.2, -0.15) is 0 Å². The normalized spacial score (nSPS) is 11.2. The van der Waals surface area contributed by atoms with Crippen molar-refractivity contribution in [3.8, 4) is 0 Å². The zero-order valence-corrected chi connectivity index (χ0v) is 7.60. The first-order valence-corrected chi connectivity index (χ1v) is 3.59. The van der Waals surface area contributed by atoms with Crippen LogP contribution < -0.4 is 16.6 Å². The minimum absolute atomic E-state index is 0.685. The van der Waals surface area contributed by atoms with E-state index in [0.29, 0.717) is 0 Å². The maximum atomic E-state index is 10.1. The van der Waals surface area contributed by atoms with Crippen LogP contribution in [-0.4, -0.2) is 33.5 Å². The summed E-state index contributed by atoms with van der Waals surface area (Å²) in [6.45, 7) is -0.714. The lowest BCUT2D eigenvalue weighted by Gasteiger charge is -2.04. The molecule has 0 saturated carbocycles. The Morgan fingerprint density at radius 1 is 1.25 bits per heavy atom. The minimum Gasteiger partial charge on any atom is -0.364 e. The first kappa shape index (κ1) is 13.4. The summed E-state index contributed by atoms with van der Waals surface area (Å²) in [7, 11) is 0. The van der Waals surface area contributed by atoms with Gasteiger partial charge < -0.3 is 5.73 Å². The molecule has 0 atom stereocenters. The summed E-state index contributed by atoms with van der Waals surface area (Å²) in [6.07, 6.45) is -2.09. The van der Waals surface area contributed by atoms with Gasteiger partial charge in [0.2, 0.25) is 0 Å². The molecule has 0 unspecified atom stereocenters. The zero-order valence-electron chi connectivity index (χ0n) is 7.60. The molecule has 0 fully saturated rings. The molecule has 0 bridgehead atoms. The van der Waals surface area contributed by atoms with Crippen LogP contribution in [0.1, 0.15) is 0 Å². The van der Waals surface area contributed by atoms with Crippen LogP contribution in [0.5, 0.6) is 0 Å². The molecule has 13 heteroatoms. The summed E-state index contributed by atoms with van der Waals surface area (Å²) >= 11 is 0. The van der Waals surface area contributed by atoms with Gasteiger partial charge in [0, 0.05) is 0 Å². The van der Waals surface area contributed by atoms with E-state index in [-0.39, 0.29) is 0 Å². The predicted octanol–water partition coefficient (Wildman–Crippen LogP) is -2.53. The highest BCUT2D eigenvalue weighted by atomic mass is 16.7. The molecule has 16 heavy (non-hydrogen) atoms. The molecule has 0 rings (SSSR count). The number of guanidine groups is 1. The molecule has 0 aromatic carbocycles. The minimum atomic E-state index is -2.09. The van der Waals surface area contributed by atoms with E-state index < -0.39 is 33.5 Å². The monoisotopic (exact) mass is 237 g/mol. The molecule has 13 nitrogen and oxygen atoms in total. The van der Waals surface area contributed by atoms with Crippen molar-refractivity contribution in [3.63, 3.8) is 0 Å². The topological polar surface area (TPSA) is 192 Å². The Hall–Kier alpha value is -2.57. The lowest BCUT2D eigenvalue weighted by Crippen LogP contribution is -2.49. The van der Waals surface area contributed by atoms with Crippen molar-refractivity contribution >= 4 is 5.96 Å². The van der Waals surface area contributed by atoms with E-state index >= 15 is 0 Å². The van der Waals surface area contributed by atoms with Crippen LogP contribution in [0, 0.1) is 30.3 Å². The van der Waals surface area contributed by atoms with Gasteiger partial charge in [0.25, 0.3) is 5.96 Å². The van der Waals surface area contributed by atoms with Crippen molar-refractivity contribution in [2.24, 2.45) is 10.8 Å². The van der Waals surface area contributed by atoms with Crippen LogP contribution >= 0.6 is 0 Å². The Bertz CT molecular complexity index is 312. The van der Waals surface area contributed by atoms with Crippen molar-refractivity contribution in [2.45, 2.75) is 6.17 Å². The number of nitrogens with zero attached hydrogens (tertiary/aromatic N) is 4. The molecule has 4 N–H and O–H groups in total. The summed E-state index contributed by atoms with van der Waals surface area (Å²) in [5, 5.41) is 31.5. The Kier molecular flexibility index (Phi) is 5.05. The second kappa shape index (κ2) is 6.02. The highest BCUT2D eigenvalue weighted by molar-refractivity contribution is 5.76. The Balaban J connectivity index is 4.10. The van der Waals surface area contributed by atoms with E-state index in [1.807, 2.05) is 10.9 Å². The highest BCUT2D eigenvalue weighted by Gasteiger charge is 2.31. The van der Waals surface area contributed by atoms with E-state index in [9.17, 15) is 30.3 Å². The fourth-order valence-corrected chi connectivity index (χ4v) is 0.572. The van der Waals surface area contributed by atoms with Crippen LogP contribution in [0.4, 0.5) is 0 Å². The van der Waals surface area contributed by atoms with Crippen LogP contribution in [0.2, 0.25) is 0 Å². The Morgan fingerprint density at radius 3 is 2.12 bits per heavy atom. The van der Waals surface area contributed by atoms with Gasteiger partial charge in [0.05, 0.1) is 9.85 Å². The number of hydrazine groups is 1. The van der Waals surface area contributed by atoms with Crippen LogP contribution in [0.15, 0.2) is 5.10 Å². The third kappa shape index (κ3) is 5.22. The Morgan fingerprint density at radius 2 is 1.75 bits per heavy atom. The number of rotatable bonds is 6. The smallest absolute Gasteiger partial charge is 0.364 e. The number of nitrogens with two attached hydrogens (primary N) is 1. The largest absolute Gasteiger partial charge is 0.464 e. The third-order valence-corrected chi connectivity index (χ3v) is 1.18. The average molecular weight is 237 g/mol. The summed E-state index contributed by atoms with van der Waals surface area (Å²) in [5.74, 6) is -0.685. The van der Waals surface area contributed by atoms with Crippen molar-refractivity contribution in [1.82, 2.24) is 10.9 Å². The van der Waals surface area contributed by atoms with Gasteiger partial charge in [-0.05, 0) is 0 Å². The summed E-state index contributed by atoms with van der Waals surface area (Å²) < 4.78 is 0. The first-order chi connectivity index (χ1) is 7.34. The van der Waals surface area contributed by atoms with Crippen LogP contribution in [-0.2, 0) is 0 Å². The molecule has 0 aromatic heterocycles. The van der Waals surface area contributed by atoms with Crippen molar-refractivity contribution in [2.75, 3.05) is 6.54 Å². The molecule has 0 radical (unpaired) electrons. The number of nitrogens with one attached hydrogen (secondary N) is 2. The van der Waals surface area contributed by atoms with Gasteiger partial charge in [0.15, 0.2) is 11.6 Å². The first-order valence-electron chi connectivity index (χ1n) is 3.59. The second-order valence-electron chi connectivity index (χ2n) is 2.28. The van der Waals surface area contributed by atoms with Crippen molar-refractivity contribution in [1.29, 1.82) is 0 Å². The van der Waals surface area contributed by atoms with E-state index in [1.165, 1.54) is 0 Å². The van der Waals surface area contributed by atoms with Crippen LogP contribution in [0.3, 0.4) is 0 Å². The molecule has 0 saturated heterocycles. The SMILES string of the molecule is NC(=N[N+](=O)[O-])NNCC([N+](=O)[O-])[N+](=O)[O-]. The summed E-state index contributed by atoms with van der Waals surface area (Å²) in [5.41, 5.74) is 8.75. The lowest BCUT2D eigenvalue weighted by atomic mass is 10.5. The highest BCUT2D eigenvalue weighted by Crippen LogP contribution is 1.87. The molecule has 0 aliphatic carbocycles. The van der Waals surface area contributed by atoms with E-state index in [4.69, 9.17) is 5.73 Å². The van der Waals surface area contributed by atoms with Gasteiger partial charge in [0.1, 0.15) is 5.10 Å². The van der Waals surface area contributed by atoms with E-state index in [1.54, 1.807) is 0 Å². The molecule has 0 spiro atoms. The zero-order chi connectivity index (χ0) is 12.7. The van der Waals surface area contributed by atoms with Gasteiger partial charge >= 0.3 is 6.17 Å². The second-order valence-corrected chi connectivity index (χ2v) is 2.28. The molecule has 0 heterocycles. The maximum Gasteiger partial charge on any atom is 0.464 e. The molecular formula is C3H7N7O6. The molecule has 0 aliphatic rings. The van der Waals surface area contributed by atoms with Crippen molar-refractivity contribution in [3.05, 3.63) is 30.3 Å². The molecule has 0 amide bonds. The van der Waals surface area contributed by atoms with Gasteiger partial charge in [-0.1, -0.05) is 0 Å². The fourth-order valence-electron chi connectivity index (χ4n) is 0.572. The predicted molar refractivity (Wildman–Crippen MR) is 47.5 cm³/mol. The summed E-state index contributed by atoms with van der Waals surface area (Å²) in [4.78, 5) is 27.8. The average Bonchev–Trinajstić information content (AvgIpc) is 2.09. The van der Waals surface area contributed by atoms with E-state index in [0.717, 1.165) is 0 Å². The number of nitro groups is 3. The number of hydrogen-bond donors (Lipinski definition) is 3. The summed E-state index contributed by atoms with van der Waals surface area (Å²) in [6, 6.07) is 0. The Labute approximate surface area is 86.7 Å². The van der Waals surface area contributed by atoms with E-state index in [2.05, 4.69) is 5.10 Å². The van der Waals surface area contributed by atoms with Gasteiger partial charge in [-0.3, -0.25) is 25.7 Å². The quantitative estimate of drug-likeness (QED) is 0.147. The van der Waals surface area contributed by atoms with Gasteiger partial charge in [-0.25, -0.2) is 15.5 Å². The van der Waals surface area contributed by atoms with Gasteiger partial charge in [-0.15, -0.1) is 0 Å². The number of hydrazone groups is 1. The van der Waals surface area contributed by atoms with Crippen molar-refractivity contribution < 1.29 is 14.9 Å². The fraction of sp³-hybridized carbons (Fsp3) is 0.667. The third-order valence-electron chi connectivity index (χ3n) is 1.18. The maximum absolute atomic E-state index is 10.1. The van der Waals surface area contributed by atoms with Crippen LogP contribution in [0.25, 0.3) is 0 Å². The number of hydrogen-bond acceptors (Lipinski definition) is 7. The molecule has 90 valence electrons. The molecule has 0 aliphatic heterocycles.